The lowest BCUT2D eigenvalue weighted by Gasteiger charge is -2.29. The maximum Gasteiger partial charge on any atom is 0.326 e. The number of carboxylic acid groups (broad SMARTS) is 1. The largest absolute Gasteiger partial charge is 0.480 e. The Hall–Kier alpha value is -4.65. The van der Waals surface area contributed by atoms with Crippen molar-refractivity contribution in [2.24, 2.45) is 0 Å². The van der Waals surface area contributed by atoms with Gasteiger partial charge in [0.25, 0.3) is 5.56 Å². The first kappa shape index (κ1) is 40.1. The fraction of sp³-hybridized carbons (Fsp3) is 0.559. The molecule has 2 aromatic heterocycles. The maximum atomic E-state index is 12.3. The number of nitrogens with two attached hydrogens (primary N) is 1. The SMILES string of the molecule is Nc1nc2ncc(CNc3ccc(N[C@@H](CCC(=O)NCCOCCOCCNC(=O)CCCC[Si]4(O)CCCCC4)C(=O)O)cc3)nc2c(=O)[nH]1. The zero-order valence-electron chi connectivity index (χ0n) is 29.5. The average Bonchev–Trinajstić information content (AvgIpc) is 3.12. The number of hydrogen-bond donors (Lipinski definition) is 8. The van der Waals surface area contributed by atoms with Crippen LogP contribution in [-0.4, -0.2) is 101 Å². The molecular formula is C34H51N9O8Si. The van der Waals surface area contributed by atoms with E-state index in [1.807, 2.05) is 0 Å². The molecule has 52 heavy (non-hydrogen) atoms. The number of carbonyl (C=O) groups excluding carboxylic acids is 2. The van der Waals surface area contributed by atoms with E-state index in [9.17, 15) is 29.1 Å². The van der Waals surface area contributed by atoms with Crippen molar-refractivity contribution in [2.45, 2.75) is 82.1 Å². The Kier molecular flexibility index (Phi) is 16.2. The third-order valence-electron chi connectivity index (χ3n) is 8.73. The molecule has 0 spiro atoms. The summed E-state index contributed by atoms with van der Waals surface area (Å²) in [5.74, 6) is -1.40. The first-order valence-corrected chi connectivity index (χ1v) is 20.4. The highest BCUT2D eigenvalue weighted by molar-refractivity contribution is 6.72. The number of H-pyrrole nitrogens is 1. The van der Waals surface area contributed by atoms with Crippen molar-refractivity contribution < 1.29 is 33.8 Å². The summed E-state index contributed by atoms with van der Waals surface area (Å²) in [4.78, 5) is 73.7. The van der Waals surface area contributed by atoms with Gasteiger partial charge < -0.3 is 46.4 Å². The number of benzene rings is 1. The van der Waals surface area contributed by atoms with Crippen LogP contribution in [-0.2, 0) is 30.4 Å². The molecule has 18 heteroatoms. The van der Waals surface area contributed by atoms with Crippen LogP contribution >= 0.6 is 0 Å². The molecule has 3 aromatic rings. The second-order valence-corrected chi connectivity index (χ2v) is 16.9. The Morgan fingerprint density at radius 2 is 1.56 bits per heavy atom. The number of aromatic nitrogens is 4. The van der Waals surface area contributed by atoms with Crippen LogP contribution in [0.5, 0.6) is 0 Å². The minimum absolute atomic E-state index is 0.00175. The summed E-state index contributed by atoms with van der Waals surface area (Å²) in [7, 11) is -2.03. The number of carbonyl (C=O) groups is 3. The Morgan fingerprint density at radius 1 is 0.904 bits per heavy atom. The van der Waals surface area contributed by atoms with E-state index in [1.54, 1.807) is 24.3 Å². The minimum Gasteiger partial charge on any atom is -0.480 e. The lowest BCUT2D eigenvalue weighted by molar-refractivity contribution is -0.138. The second kappa shape index (κ2) is 21.0. The standard InChI is InChI=1S/C34H51N9O8Si/c35-34-42-31-30(32(46)43-34)41-26(23-39-31)22-38-24-7-9-25(10-8-24)40-27(33(47)48)11-12-29(45)37-14-16-51-18-17-50-15-13-36-28(44)6-2-5-21-52(49)19-3-1-4-20-52/h7-10,23,27,38,40,49H,1-6,11-22H2,(H,36,44)(H,37,45)(H,47,48)(H3,35,39,42,43,46)/t27-/m0/s1. The number of aromatic amines is 1. The molecule has 284 valence electrons. The number of fused-ring (bicyclic) bond motifs is 1. The lowest BCUT2D eigenvalue weighted by atomic mass is 10.1. The van der Waals surface area contributed by atoms with Crippen molar-refractivity contribution in [2.75, 3.05) is 55.9 Å². The van der Waals surface area contributed by atoms with E-state index in [0.29, 0.717) is 44.2 Å². The molecule has 1 aliphatic rings. The number of carboxylic acids is 1. The zero-order chi connectivity index (χ0) is 37.2. The number of ether oxygens (including phenoxy) is 2. The number of rotatable bonds is 23. The molecule has 1 atom stereocenters. The van der Waals surface area contributed by atoms with Gasteiger partial charge in [0.15, 0.2) is 19.5 Å². The molecule has 9 N–H and O–H groups in total. The Labute approximate surface area is 303 Å². The summed E-state index contributed by atoms with van der Waals surface area (Å²) in [5, 5.41) is 21.4. The van der Waals surface area contributed by atoms with Crippen molar-refractivity contribution in [1.29, 1.82) is 0 Å². The van der Waals surface area contributed by atoms with E-state index < -0.39 is 25.9 Å². The maximum absolute atomic E-state index is 12.3. The number of nitrogen functional groups attached to an aromatic ring is 1. The third kappa shape index (κ3) is 14.2. The Balaban J connectivity index is 1.00. The number of aliphatic carboxylic acids is 1. The molecule has 3 heterocycles. The van der Waals surface area contributed by atoms with E-state index in [-0.39, 0.29) is 61.5 Å². The number of amides is 2. The molecule has 0 radical (unpaired) electrons. The van der Waals surface area contributed by atoms with Crippen molar-refractivity contribution >= 4 is 54.6 Å². The molecule has 17 nitrogen and oxygen atoms in total. The number of nitrogens with zero attached hydrogens (tertiary/aromatic N) is 3. The molecule has 4 rings (SSSR count). The molecule has 0 bridgehead atoms. The van der Waals surface area contributed by atoms with Crippen LogP contribution in [0.2, 0.25) is 18.1 Å². The highest BCUT2D eigenvalue weighted by atomic mass is 28.4. The van der Waals surface area contributed by atoms with Crippen molar-refractivity contribution in [1.82, 2.24) is 30.6 Å². The van der Waals surface area contributed by atoms with Gasteiger partial charge in [-0.2, -0.15) is 4.98 Å². The molecule has 1 saturated heterocycles. The summed E-state index contributed by atoms with van der Waals surface area (Å²) in [6, 6.07) is 8.90. The van der Waals surface area contributed by atoms with Gasteiger partial charge in [-0.15, -0.1) is 0 Å². The van der Waals surface area contributed by atoms with Gasteiger partial charge in [-0.1, -0.05) is 25.7 Å². The average molecular weight is 742 g/mol. The fourth-order valence-corrected chi connectivity index (χ4v) is 9.36. The molecule has 0 aliphatic carbocycles. The lowest BCUT2D eigenvalue weighted by Crippen LogP contribution is -2.36. The van der Waals surface area contributed by atoms with E-state index in [4.69, 9.17) is 15.2 Å². The van der Waals surface area contributed by atoms with Crippen LogP contribution in [0.4, 0.5) is 17.3 Å². The zero-order valence-corrected chi connectivity index (χ0v) is 30.5. The van der Waals surface area contributed by atoms with Crippen molar-refractivity contribution in [3.05, 3.63) is 46.5 Å². The van der Waals surface area contributed by atoms with Crippen LogP contribution < -0.4 is 32.6 Å². The third-order valence-corrected chi connectivity index (χ3v) is 12.6. The fourth-order valence-electron chi connectivity index (χ4n) is 5.89. The quantitative estimate of drug-likeness (QED) is 0.0512. The molecule has 0 saturated carbocycles. The van der Waals surface area contributed by atoms with Gasteiger partial charge in [0.2, 0.25) is 17.8 Å². The molecular weight excluding hydrogens is 691 g/mol. The van der Waals surface area contributed by atoms with E-state index in [1.165, 1.54) is 12.6 Å². The van der Waals surface area contributed by atoms with Gasteiger partial charge in [0, 0.05) is 37.3 Å². The summed E-state index contributed by atoms with van der Waals surface area (Å²) in [6.45, 7) is 2.32. The molecule has 2 amide bonds. The van der Waals surface area contributed by atoms with Gasteiger partial charge in [0.1, 0.15) is 6.04 Å². The van der Waals surface area contributed by atoms with Crippen LogP contribution in [0, 0.1) is 0 Å². The first-order valence-electron chi connectivity index (χ1n) is 17.9. The molecule has 0 unspecified atom stereocenters. The summed E-state index contributed by atoms with van der Waals surface area (Å²) >= 11 is 0. The van der Waals surface area contributed by atoms with Gasteiger partial charge in [-0.25, -0.2) is 14.8 Å². The van der Waals surface area contributed by atoms with Crippen LogP contribution in [0.1, 0.15) is 57.1 Å². The monoisotopic (exact) mass is 741 g/mol. The van der Waals surface area contributed by atoms with Crippen LogP contribution in [0.25, 0.3) is 11.2 Å². The summed E-state index contributed by atoms with van der Waals surface area (Å²) in [6.07, 6.45) is 7.29. The predicted molar refractivity (Wildman–Crippen MR) is 198 cm³/mol. The van der Waals surface area contributed by atoms with E-state index >= 15 is 0 Å². The highest BCUT2D eigenvalue weighted by Crippen LogP contribution is 2.30. The number of anilines is 3. The van der Waals surface area contributed by atoms with Gasteiger partial charge in [0.05, 0.1) is 44.9 Å². The number of hydrogen-bond acceptors (Lipinski definition) is 13. The van der Waals surface area contributed by atoms with Crippen LogP contribution in [0.15, 0.2) is 35.3 Å². The van der Waals surface area contributed by atoms with E-state index in [0.717, 1.165) is 49.5 Å². The minimum atomic E-state index is -2.03. The number of unbranched alkanes of at least 4 members (excludes halogenated alkanes) is 1. The van der Waals surface area contributed by atoms with Crippen LogP contribution in [0.3, 0.4) is 0 Å². The van der Waals surface area contributed by atoms with Gasteiger partial charge in [-0.3, -0.25) is 19.4 Å². The second-order valence-electron chi connectivity index (χ2n) is 12.9. The van der Waals surface area contributed by atoms with Gasteiger partial charge >= 0.3 is 5.97 Å². The summed E-state index contributed by atoms with van der Waals surface area (Å²) in [5.41, 5.74) is 7.12. The molecule has 1 aliphatic heterocycles. The predicted octanol–water partition coefficient (Wildman–Crippen LogP) is 2.11. The normalized spacial score (nSPS) is 14.4. The number of nitrogens with one attached hydrogen (secondary N) is 5. The van der Waals surface area contributed by atoms with E-state index in [2.05, 4.69) is 41.2 Å². The Bertz CT molecular complexity index is 1650. The van der Waals surface area contributed by atoms with Gasteiger partial charge in [-0.05, 0) is 55.2 Å². The topological polar surface area (TPSA) is 256 Å². The highest BCUT2D eigenvalue weighted by Gasteiger charge is 2.31. The molecule has 1 aromatic carbocycles. The smallest absolute Gasteiger partial charge is 0.326 e. The summed E-state index contributed by atoms with van der Waals surface area (Å²) < 4.78 is 11.0. The van der Waals surface area contributed by atoms with Crippen molar-refractivity contribution in [3.8, 4) is 0 Å². The first-order chi connectivity index (χ1) is 25.1. The molecule has 1 fully saturated rings. The van der Waals surface area contributed by atoms with Crippen molar-refractivity contribution in [3.63, 3.8) is 0 Å². The Morgan fingerprint density at radius 3 is 2.23 bits per heavy atom.